The van der Waals surface area contributed by atoms with E-state index in [4.69, 9.17) is 4.74 Å². The molecular formula is C15H20F2N2O2. The highest BCUT2D eigenvalue weighted by atomic mass is 19.1. The van der Waals surface area contributed by atoms with Gasteiger partial charge in [0.15, 0.2) is 0 Å². The second kappa shape index (κ2) is 5.97. The van der Waals surface area contributed by atoms with E-state index in [1.807, 2.05) is 0 Å². The Morgan fingerprint density at radius 3 is 2.48 bits per heavy atom. The van der Waals surface area contributed by atoms with Crippen molar-refractivity contribution in [1.29, 1.82) is 0 Å². The summed E-state index contributed by atoms with van der Waals surface area (Å²) in [5.41, 5.74) is -0.190. The van der Waals surface area contributed by atoms with Crippen LogP contribution in [0.3, 0.4) is 0 Å². The lowest BCUT2D eigenvalue weighted by atomic mass is 10.0. The van der Waals surface area contributed by atoms with Crippen molar-refractivity contribution >= 4 is 6.09 Å². The zero-order valence-corrected chi connectivity index (χ0v) is 12.5. The van der Waals surface area contributed by atoms with Gasteiger partial charge in [-0.1, -0.05) is 0 Å². The fourth-order valence-corrected chi connectivity index (χ4v) is 2.31. The first-order valence-corrected chi connectivity index (χ1v) is 6.92. The number of benzene rings is 1. The van der Waals surface area contributed by atoms with Crippen molar-refractivity contribution < 1.29 is 18.3 Å². The fraction of sp³-hybridized carbons (Fsp3) is 0.533. The summed E-state index contributed by atoms with van der Waals surface area (Å²) < 4.78 is 32.1. The van der Waals surface area contributed by atoms with E-state index < -0.39 is 29.4 Å². The molecule has 4 nitrogen and oxygen atoms in total. The van der Waals surface area contributed by atoms with E-state index >= 15 is 0 Å². The summed E-state index contributed by atoms with van der Waals surface area (Å²) in [6, 6.07) is 2.87. The number of nitrogens with one attached hydrogen (secondary N) is 1. The Labute approximate surface area is 123 Å². The summed E-state index contributed by atoms with van der Waals surface area (Å²) in [7, 11) is 0. The van der Waals surface area contributed by atoms with E-state index in [2.05, 4.69) is 5.32 Å². The number of carbonyl (C=O) groups excluding carboxylic acids is 1. The van der Waals surface area contributed by atoms with Crippen molar-refractivity contribution in [1.82, 2.24) is 10.2 Å². The van der Waals surface area contributed by atoms with Crippen molar-refractivity contribution in [3.63, 3.8) is 0 Å². The average molecular weight is 298 g/mol. The predicted octanol–water partition coefficient (Wildman–Crippen LogP) is 2.85. The Hall–Kier alpha value is -1.69. The van der Waals surface area contributed by atoms with Gasteiger partial charge in [-0.2, -0.15) is 0 Å². The third-order valence-corrected chi connectivity index (χ3v) is 3.14. The number of hydrogen-bond donors (Lipinski definition) is 1. The van der Waals surface area contributed by atoms with Crippen molar-refractivity contribution in [3.8, 4) is 0 Å². The van der Waals surface area contributed by atoms with Crippen LogP contribution in [0.25, 0.3) is 0 Å². The molecule has 0 aromatic heterocycles. The lowest BCUT2D eigenvalue weighted by Gasteiger charge is -2.37. The molecule has 6 heteroatoms. The smallest absolute Gasteiger partial charge is 0.410 e. The van der Waals surface area contributed by atoms with Crippen LogP contribution in [0.5, 0.6) is 0 Å². The molecule has 1 heterocycles. The van der Waals surface area contributed by atoms with Crippen molar-refractivity contribution in [2.45, 2.75) is 32.4 Å². The Balaban J connectivity index is 2.24. The summed E-state index contributed by atoms with van der Waals surface area (Å²) >= 11 is 0. The van der Waals surface area contributed by atoms with Gasteiger partial charge in [-0.15, -0.1) is 0 Å². The average Bonchev–Trinajstić information content (AvgIpc) is 2.35. The van der Waals surface area contributed by atoms with E-state index in [-0.39, 0.29) is 0 Å². The minimum atomic E-state index is -0.653. The van der Waals surface area contributed by atoms with Crippen LogP contribution in [0, 0.1) is 11.6 Å². The summed E-state index contributed by atoms with van der Waals surface area (Å²) in [5, 5.41) is 3.13. The van der Waals surface area contributed by atoms with Gasteiger partial charge in [0, 0.05) is 25.7 Å². The van der Waals surface area contributed by atoms with E-state index in [0.717, 1.165) is 6.07 Å². The molecule has 2 rings (SSSR count). The van der Waals surface area contributed by atoms with Crippen molar-refractivity contribution in [2.75, 3.05) is 19.6 Å². The Kier molecular flexibility index (Phi) is 4.46. The minimum absolute atomic E-state index is 0.422. The number of carbonyl (C=O) groups is 1. The summed E-state index contributed by atoms with van der Waals surface area (Å²) in [5.74, 6) is -1.31. The van der Waals surface area contributed by atoms with Crippen LogP contribution in [0.2, 0.25) is 0 Å². The summed E-state index contributed by atoms with van der Waals surface area (Å²) in [6.07, 6.45) is -0.473. The predicted molar refractivity (Wildman–Crippen MR) is 74.9 cm³/mol. The van der Waals surface area contributed by atoms with Crippen LogP contribution in [-0.2, 0) is 4.74 Å². The number of nitrogens with zero attached hydrogens (tertiary/aromatic N) is 1. The molecule has 1 aliphatic rings. The van der Waals surface area contributed by atoms with Gasteiger partial charge in [-0.25, -0.2) is 13.6 Å². The van der Waals surface area contributed by atoms with E-state index in [1.54, 1.807) is 20.8 Å². The molecule has 1 aliphatic heterocycles. The van der Waals surface area contributed by atoms with Gasteiger partial charge in [-0.05, 0) is 38.5 Å². The van der Waals surface area contributed by atoms with Gasteiger partial charge in [-0.3, -0.25) is 4.90 Å². The number of rotatable bonds is 1. The molecule has 1 amide bonds. The van der Waals surface area contributed by atoms with Gasteiger partial charge in [0.25, 0.3) is 0 Å². The lowest BCUT2D eigenvalue weighted by Crippen LogP contribution is -2.50. The maximum absolute atomic E-state index is 13.4. The third-order valence-electron chi connectivity index (χ3n) is 3.14. The maximum atomic E-state index is 13.4. The lowest BCUT2D eigenvalue weighted by molar-refractivity contribution is 0.0117. The van der Waals surface area contributed by atoms with Crippen LogP contribution in [0.1, 0.15) is 32.4 Å². The Morgan fingerprint density at radius 1 is 1.29 bits per heavy atom. The van der Waals surface area contributed by atoms with E-state index in [0.29, 0.717) is 25.2 Å². The molecule has 0 bridgehead atoms. The number of piperazine rings is 1. The zero-order chi connectivity index (χ0) is 15.6. The number of halogens is 2. The molecule has 1 aromatic carbocycles. The molecule has 0 unspecified atom stereocenters. The molecule has 1 fully saturated rings. The van der Waals surface area contributed by atoms with Crippen LogP contribution in [-0.4, -0.2) is 36.2 Å². The molecule has 0 aliphatic carbocycles. The van der Waals surface area contributed by atoms with Gasteiger partial charge in [0.2, 0.25) is 0 Å². The Bertz CT molecular complexity index is 509. The molecule has 0 radical (unpaired) electrons. The number of ether oxygens (including phenoxy) is 1. The van der Waals surface area contributed by atoms with Gasteiger partial charge in [0.1, 0.15) is 17.2 Å². The fourth-order valence-electron chi connectivity index (χ4n) is 2.31. The van der Waals surface area contributed by atoms with Crippen LogP contribution in [0.15, 0.2) is 18.2 Å². The Morgan fingerprint density at radius 2 is 1.90 bits per heavy atom. The molecule has 0 spiro atoms. The molecule has 1 N–H and O–H groups in total. The quantitative estimate of drug-likeness (QED) is 0.867. The number of hydrogen-bond acceptors (Lipinski definition) is 3. The third kappa shape index (κ3) is 4.14. The molecule has 1 atom stereocenters. The van der Waals surface area contributed by atoms with Crippen LogP contribution in [0.4, 0.5) is 13.6 Å². The molecule has 1 saturated heterocycles. The number of amides is 1. The second-order valence-electron chi connectivity index (χ2n) is 6.10. The molecule has 1 aromatic rings. The van der Waals surface area contributed by atoms with E-state index in [1.165, 1.54) is 17.0 Å². The summed E-state index contributed by atoms with van der Waals surface area (Å²) in [4.78, 5) is 13.8. The molecular weight excluding hydrogens is 278 g/mol. The minimum Gasteiger partial charge on any atom is -0.444 e. The van der Waals surface area contributed by atoms with Gasteiger partial charge in [0.05, 0.1) is 6.04 Å². The van der Waals surface area contributed by atoms with Crippen molar-refractivity contribution in [3.05, 3.63) is 35.4 Å². The largest absolute Gasteiger partial charge is 0.444 e. The van der Waals surface area contributed by atoms with Crippen LogP contribution < -0.4 is 5.32 Å². The topological polar surface area (TPSA) is 41.6 Å². The highest BCUT2D eigenvalue weighted by molar-refractivity contribution is 5.69. The van der Waals surface area contributed by atoms with E-state index in [9.17, 15) is 13.6 Å². The standard InChI is InChI=1S/C15H20F2N2O2/c1-15(2,3)21-14(20)19-5-4-18-9-13(19)10-6-11(16)8-12(17)7-10/h6-8,13,18H,4-5,9H2,1-3H3/t13-/m0/s1. The maximum Gasteiger partial charge on any atom is 0.410 e. The summed E-state index contributed by atoms with van der Waals surface area (Å²) in [6.45, 7) is 6.82. The highest BCUT2D eigenvalue weighted by Crippen LogP contribution is 2.25. The van der Waals surface area contributed by atoms with Crippen LogP contribution >= 0.6 is 0 Å². The normalized spacial score (nSPS) is 19.5. The zero-order valence-electron chi connectivity index (χ0n) is 12.5. The molecule has 21 heavy (non-hydrogen) atoms. The highest BCUT2D eigenvalue weighted by Gasteiger charge is 2.31. The first kappa shape index (κ1) is 15.7. The van der Waals surface area contributed by atoms with Crippen molar-refractivity contribution in [2.24, 2.45) is 0 Å². The van der Waals surface area contributed by atoms with Gasteiger partial charge < -0.3 is 10.1 Å². The molecule has 116 valence electrons. The SMILES string of the molecule is CC(C)(C)OC(=O)N1CCNC[C@H]1c1cc(F)cc(F)c1. The molecule has 0 saturated carbocycles. The first-order chi connectivity index (χ1) is 9.76. The first-order valence-electron chi connectivity index (χ1n) is 6.92. The monoisotopic (exact) mass is 298 g/mol. The van der Waals surface area contributed by atoms with Gasteiger partial charge >= 0.3 is 6.09 Å². The second-order valence-corrected chi connectivity index (χ2v) is 6.10.